The molecule has 0 radical (unpaired) electrons. The third-order valence-electron chi connectivity index (χ3n) is 15.9. The number of hydrogen-bond acceptors (Lipinski definition) is 12. The van der Waals surface area contributed by atoms with Gasteiger partial charge >= 0.3 is 0 Å². The van der Waals surface area contributed by atoms with Crippen LogP contribution in [0.25, 0.3) is 11.0 Å². The van der Waals surface area contributed by atoms with Crippen LogP contribution in [0.3, 0.4) is 0 Å². The number of halogens is 1. The van der Waals surface area contributed by atoms with Gasteiger partial charge in [0.05, 0.1) is 38.1 Å². The molecule has 2 atom stereocenters. The summed E-state index contributed by atoms with van der Waals surface area (Å²) in [5.74, 6) is -0.772. The van der Waals surface area contributed by atoms with Gasteiger partial charge in [0.25, 0.3) is 21.6 Å². The fourth-order valence-corrected chi connectivity index (χ4v) is 12.9. The lowest BCUT2D eigenvalue weighted by atomic mass is 9.59. The van der Waals surface area contributed by atoms with Gasteiger partial charge in [-0.2, -0.15) is 0 Å². The van der Waals surface area contributed by atoms with Gasteiger partial charge in [-0.15, -0.1) is 0 Å². The zero-order chi connectivity index (χ0) is 48.4. The van der Waals surface area contributed by atoms with Crippen LogP contribution in [-0.4, -0.2) is 83.1 Å². The monoisotopic (exact) mass is 963 g/mol. The number of hydrogen-bond donors (Lipinski definition) is 4. The Morgan fingerprint density at radius 2 is 1.80 bits per heavy atom. The number of likely N-dealkylation sites (tertiary alicyclic amines) is 1. The smallest absolute Gasteiger partial charge is 0.297 e. The number of sulfonamides is 1. The van der Waals surface area contributed by atoms with E-state index in [9.17, 15) is 32.8 Å². The second-order valence-electron chi connectivity index (χ2n) is 20.7. The summed E-state index contributed by atoms with van der Waals surface area (Å²) in [4.78, 5) is 37.9. The van der Waals surface area contributed by atoms with Gasteiger partial charge in [0.2, 0.25) is 0 Å². The molecule has 5 aromatic rings. The first-order valence-corrected chi connectivity index (χ1v) is 26.1. The number of aromatic amines is 1. The van der Waals surface area contributed by atoms with E-state index in [1.54, 1.807) is 19.1 Å². The van der Waals surface area contributed by atoms with Crippen LogP contribution in [0.5, 0.6) is 17.2 Å². The number of carbonyl (C=O) groups excluding carboxylic acids is 1. The van der Waals surface area contributed by atoms with Gasteiger partial charge in [-0.05, 0) is 131 Å². The van der Waals surface area contributed by atoms with Gasteiger partial charge in [-0.25, -0.2) is 22.5 Å². The number of fused-ring (bicyclic) bond motifs is 2. The average molecular weight is 964 g/mol. The topological polar surface area (TPSA) is 192 Å². The summed E-state index contributed by atoms with van der Waals surface area (Å²) in [5, 5.41) is 26.3. The number of rotatable bonds is 12. The summed E-state index contributed by atoms with van der Waals surface area (Å²) in [7, 11) is -4.72. The van der Waals surface area contributed by atoms with E-state index in [2.05, 4.69) is 67.9 Å². The standard InChI is InChI=1S/C52H62FN7O8S/c1-5-41-46(26-39-40(53)29-54-49(39)56-41)68-45-23-33(58-21-18-52(19-22-58)27-34(28-52)59-20-8-11-43(59)37-10-7-6-9-36(37)31(2)3)12-13-38(45)50(61)57-69(65,66)35-24-44(60(63)64)48-47(25-35)67-30-42(55-48)32-14-16-51(4,62)17-15-32/h6-7,9-10,12-13,23-26,29,31-32,34,42-43,55,62H,5,8,11,14-22,27-28,30H2,1-4H3,(H,54,56)(H,57,61)/t32?,42-,43-,51?/m1/s1. The van der Waals surface area contributed by atoms with Crippen molar-refractivity contribution in [2.75, 3.05) is 36.5 Å². The molecule has 2 aromatic heterocycles. The van der Waals surface area contributed by atoms with E-state index in [1.807, 2.05) is 6.92 Å². The number of nitro benzene ring substituents is 1. The molecule has 4 fully saturated rings. The Labute approximate surface area is 402 Å². The van der Waals surface area contributed by atoms with Crippen LogP contribution < -0.4 is 24.4 Å². The number of nitrogens with one attached hydrogen (secondary N) is 3. The number of pyridine rings is 1. The number of nitro groups is 1. The lowest BCUT2D eigenvalue weighted by molar-refractivity contribution is -0.384. The van der Waals surface area contributed by atoms with E-state index >= 15 is 0 Å². The number of aryl methyl sites for hydroxylation is 1. The summed E-state index contributed by atoms with van der Waals surface area (Å²) in [6, 6.07) is 18.3. The lowest BCUT2D eigenvalue weighted by Crippen LogP contribution is -2.54. The van der Waals surface area contributed by atoms with Gasteiger partial charge in [0.15, 0.2) is 11.4 Å². The molecule has 2 aliphatic carbocycles. The number of nitrogens with zero attached hydrogens (tertiary/aromatic N) is 4. The zero-order valence-electron chi connectivity index (χ0n) is 39.7. The van der Waals surface area contributed by atoms with Crippen molar-refractivity contribution >= 4 is 44.0 Å². The number of amides is 1. The van der Waals surface area contributed by atoms with Crippen molar-refractivity contribution in [1.82, 2.24) is 19.6 Å². The van der Waals surface area contributed by atoms with Crippen LogP contribution in [0.4, 0.5) is 21.5 Å². The number of benzene rings is 3. The molecule has 1 spiro atoms. The van der Waals surface area contributed by atoms with Crippen molar-refractivity contribution < 1.29 is 37.1 Å². The number of H-pyrrole nitrogens is 1. The molecule has 10 rings (SSSR count). The van der Waals surface area contributed by atoms with E-state index in [0.29, 0.717) is 61.4 Å². The van der Waals surface area contributed by atoms with Crippen LogP contribution in [-0.2, 0) is 16.4 Å². The van der Waals surface area contributed by atoms with Crippen molar-refractivity contribution in [2.45, 2.75) is 133 Å². The normalized spacial score (nSPS) is 23.9. The van der Waals surface area contributed by atoms with Crippen molar-refractivity contribution in [3.05, 3.63) is 105 Å². The van der Waals surface area contributed by atoms with Crippen molar-refractivity contribution in [2.24, 2.45) is 11.3 Å². The second kappa shape index (κ2) is 18.2. The minimum Gasteiger partial charge on any atom is -0.489 e. The predicted octanol–water partition coefficient (Wildman–Crippen LogP) is 9.91. The Kier molecular flexibility index (Phi) is 12.4. The first-order valence-electron chi connectivity index (χ1n) is 24.6. The predicted molar refractivity (Wildman–Crippen MR) is 261 cm³/mol. The van der Waals surface area contributed by atoms with Gasteiger partial charge in [0, 0.05) is 55.3 Å². The second-order valence-corrected chi connectivity index (χ2v) is 22.4. The molecule has 5 heterocycles. The largest absolute Gasteiger partial charge is 0.489 e. The number of aromatic nitrogens is 2. The Balaban J connectivity index is 0.883. The number of carbonyl (C=O) groups is 1. The maximum absolute atomic E-state index is 14.9. The number of aliphatic hydroxyl groups is 1. The molecule has 0 bridgehead atoms. The fraction of sp³-hybridized carbons (Fsp3) is 0.500. The molecule has 15 nitrogen and oxygen atoms in total. The molecule has 17 heteroatoms. The minimum absolute atomic E-state index is 0.0233. The van der Waals surface area contributed by atoms with Crippen molar-refractivity contribution in [3.8, 4) is 17.2 Å². The zero-order valence-corrected chi connectivity index (χ0v) is 40.5. The Morgan fingerprint density at radius 1 is 1.04 bits per heavy atom. The molecule has 5 aliphatic rings. The Bertz CT molecular complexity index is 2900. The van der Waals surface area contributed by atoms with Gasteiger partial charge < -0.3 is 29.8 Å². The third-order valence-corrected chi connectivity index (χ3v) is 17.2. The minimum atomic E-state index is -4.72. The summed E-state index contributed by atoms with van der Waals surface area (Å²) in [6.45, 7) is 11.1. The van der Waals surface area contributed by atoms with Gasteiger partial charge in [-0.3, -0.25) is 19.8 Å². The van der Waals surface area contributed by atoms with E-state index in [4.69, 9.17) is 9.47 Å². The maximum Gasteiger partial charge on any atom is 0.297 e. The van der Waals surface area contributed by atoms with E-state index in [0.717, 1.165) is 57.1 Å². The molecular formula is C52H62FN7O8S. The van der Waals surface area contributed by atoms with Gasteiger partial charge in [0.1, 0.15) is 29.6 Å². The number of anilines is 2. The third kappa shape index (κ3) is 9.13. The molecule has 2 saturated heterocycles. The highest BCUT2D eigenvalue weighted by atomic mass is 32.2. The molecule has 0 unspecified atom stereocenters. The number of piperidine rings is 1. The summed E-state index contributed by atoms with van der Waals surface area (Å²) in [5.41, 5.74) is 3.46. The van der Waals surface area contributed by atoms with Gasteiger partial charge in [-0.1, -0.05) is 45.0 Å². The fourth-order valence-electron chi connectivity index (χ4n) is 11.9. The summed E-state index contributed by atoms with van der Waals surface area (Å²) < 4.78 is 57.6. The molecule has 3 aliphatic heterocycles. The first kappa shape index (κ1) is 46.9. The Hall–Kier alpha value is -5.78. The molecule has 3 aromatic carbocycles. The van der Waals surface area contributed by atoms with Crippen LogP contribution in [0, 0.1) is 27.3 Å². The molecular weight excluding hydrogens is 902 g/mol. The Morgan fingerprint density at radius 3 is 2.52 bits per heavy atom. The quantitative estimate of drug-likeness (QED) is 0.0685. The highest BCUT2D eigenvalue weighted by molar-refractivity contribution is 7.90. The van der Waals surface area contributed by atoms with Crippen LogP contribution in [0.1, 0.15) is 131 Å². The SMILES string of the molecule is CCc1nc2[nH]cc(F)c2cc1Oc1cc(N2CCC3(CC2)CC(N2CCC[C@@H]2c2ccccc2C(C)C)C3)ccc1C(=O)NS(=O)(=O)c1cc2c(c([N+](=O)[O-])c1)N[C@@H](C1CCC(C)(O)CC1)CO2. The molecule has 69 heavy (non-hydrogen) atoms. The van der Waals surface area contributed by atoms with Crippen molar-refractivity contribution in [3.63, 3.8) is 0 Å². The molecule has 1 amide bonds. The number of ether oxygens (including phenoxy) is 2. The van der Waals surface area contributed by atoms with Crippen LogP contribution in [0.2, 0.25) is 0 Å². The van der Waals surface area contributed by atoms with E-state index < -0.39 is 42.9 Å². The molecule has 366 valence electrons. The van der Waals surface area contributed by atoms with E-state index in [1.165, 1.54) is 48.4 Å². The highest BCUT2D eigenvalue weighted by Crippen LogP contribution is 2.54. The maximum atomic E-state index is 14.9. The first-order chi connectivity index (χ1) is 33.0. The highest BCUT2D eigenvalue weighted by Gasteiger charge is 2.50. The average Bonchev–Trinajstić information content (AvgIpc) is 3.96. The lowest BCUT2D eigenvalue weighted by Gasteiger charge is -2.56. The van der Waals surface area contributed by atoms with Crippen LogP contribution >= 0.6 is 0 Å². The molecule has 2 saturated carbocycles. The molecule has 4 N–H and O–H groups in total. The summed E-state index contributed by atoms with van der Waals surface area (Å²) >= 11 is 0. The van der Waals surface area contributed by atoms with Crippen LogP contribution in [0.15, 0.2) is 71.8 Å². The van der Waals surface area contributed by atoms with Crippen molar-refractivity contribution in [1.29, 1.82) is 0 Å². The van der Waals surface area contributed by atoms with E-state index in [-0.39, 0.29) is 57.9 Å². The summed E-state index contributed by atoms with van der Waals surface area (Å²) in [6.07, 6.45) is 10.9.